The van der Waals surface area contributed by atoms with Gasteiger partial charge in [0.15, 0.2) is 0 Å². The zero-order valence-electron chi connectivity index (χ0n) is 12.3. The molecule has 3 rings (SSSR count). The van der Waals surface area contributed by atoms with Crippen molar-refractivity contribution in [2.75, 3.05) is 6.54 Å². The third kappa shape index (κ3) is 2.78. The van der Waals surface area contributed by atoms with E-state index in [2.05, 4.69) is 39.3 Å². The maximum absolute atomic E-state index is 4.49. The van der Waals surface area contributed by atoms with Crippen molar-refractivity contribution in [3.8, 4) is 0 Å². The minimum Gasteiger partial charge on any atom is -0.336 e. The highest BCUT2D eigenvalue weighted by atomic mass is 15.1. The van der Waals surface area contributed by atoms with Gasteiger partial charge in [0.05, 0.1) is 17.1 Å². The quantitative estimate of drug-likeness (QED) is 0.780. The molecule has 21 heavy (non-hydrogen) atoms. The van der Waals surface area contributed by atoms with Crippen LogP contribution in [0, 0.1) is 0 Å². The van der Waals surface area contributed by atoms with Crippen molar-refractivity contribution in [1.82, 2.24) is 24.8 Å². The Hall–Kier alpha value is -2.27. The largest absolute Gasteiger partial charge is 0.336 e. The van der Waals surface area contributed by atoms with Crippen LogP contribution in [0.3, 0.4) is 0 Å². The molecule has 0 bridgehead atoms. The molecule has 0 radical (unpaired) electrons. The van der Waals surface area contributed by atoms with Crippen molar-refractivity contribution < 1.29 is 0 Å². The molecule has 2 heterocycles. The number of hydrogen-bond donors (Lipinski definition) is 1. The molecule has 0 aliphatic carbocycles. The second-order valence-electron chi connectivity index (χ2n) is 5.09. The van der Waals surface area contributed by atoms with Gasteiger partial charge in [-0.3, -0.25) is 9.97 Å². The Balaban J connectivity index is 2.03. The number of imidazole rings is 1. The van der Waals surface area contributed by atoms with E-state index in [0.717, 1.165) is 35.4 Å². The minimum absolute atomic E-state index is 0.0661. The minimum atomic E-state index is 0.0661. The molecule has 108 valence electrons. The molecule has 0 aliphatic rings. The van der Waals surface area contributed by atoms with E-state index in [4.69, 9.17) is 0 Å². The number of aromatic nitrogens is 4. The third-order valence-corrected chi connectivity index (χ3v) is 3.54. The lowest BCUT2D eigenvalue weighted by Crippen LogP contribution is -2.25. The molecule has 5 heteroatoms. The number of rotatable bonds is 5. The second-order valence-corrected chi connectivity index (χ2v) is 5.09. The lowest BCUT2D eigenvalue weighted by atomic mass is 10.0. The lowest BCUT2D eigenvalue weighted by Gasteiger charge is -2.19. The van der Waals surface area contributed by atoms with Crippen LogP contribution < -0.4 is 5.32 Å². The summed E-state index contributed by atoms with van der Waals surface area (Å²) < 4.78 is 2.05. The average molecular weight is 281 g/mol. The summed E-state index contributed by atoms with van der Waals surface area (Å²) >= 11 is 0. The first kappa shape index (κ1) is 13.7. The Kier molecular flexibility index (Phi) is 3.92. The molecule has 1 unspecified atom stereocenters. The molecule has 3 aromatic rings. The van der Waals surface area contributed by atoms with Crippen molar-refractivity contribution in [3.63, 3.8) is 0 Å². The zero-order chi connectivity index (χ0) is 14.7. The molecule has 1 N–H and O–H groups in total. The first-order valence-electron chi connectivity index (χ1n) is 7.21. The molecule has 0 saturated carbocycles. The van der Waals surface area contributed by atoms with Crippen LogP contribution in [0.15, 0.2) is 43.0 Å². The summed E-state index contributed by atoms with van der Waals surface area (Å²) in [5, 5.41) is 3.56. The fraction of sp³-hybridized carbons (Fsp3) is 0.312. The molecule has 2 aromatic heterocycles. The maximum atomic E-state index is 4.49. The molecule has 1 atom stereocenters. The van der Waals surface area contributed by atoms with Crippen LogP contribution in [-0.4, -0.2) is 26.1 Å². The Morgan fingerprint density at radius 3 is 2.62 bits per heavy atom. The Bertz CT molecular complexity index is 734. The summed E-state index contributed by atoms with van der Waals surface area (Å²) in [6.07, 6.45) is 8.32. The monoisotopic (exact) mass is 281 g/mol. The summed E-state index contributed by atoms with van der Waals surface area (Å²) in [4.78, 5) is 13.2. The predicted molar refractivity (Wildman–Crippen MR) is 82.9 cm³/mol. The summed E-state index contributed by atoms with van der Waals surface area (Å²) in [5.74, 6) is 1.01. The van der Waals surface area contributed by atoms with Gasteiger partial charge in [0.25, 0.3) is 0 Å². The summed E-state index contributed by atoms with van der Waals surface area (Å²) in [5.41, 5.74) is 2.98. The van der Waals surface area contributed by atoms with Crippen LogP contribution in [-0.2, 0) is 7.05 Å². The van der Waals surface area contributed by atoms with Gasteiger partial charge >= 0.3 is 0 Å². The maximum Gasteiger partial charge on any atom is 0.130 e. The van der Waals surface area contributed by atoms with E-state index in [9.17, 15) is 0 Å². The highest BCUT2D eigenvalue weighted by molar-refractivity contribution is 5.74. The SMILES string of the molecule is CCCNC(c1ccc2nccnc2c1)c1nccn1C. The highest BCUT2D eigenvalue weighted by Crippen LogP contribution is 2.23. The van der Waals surface area contributed by atoms with E-state index in [0.29, 0.717) is 0 Å². The first-order valence-corrected chi connectivity index (χ1v) is 7.21. The van der Waals surface area contributed by atoms with E-state index in [1.165, 1.54) is 0 Å². The Morgan fingerprint density at radius 2 is 1.90 bits per heavy atom. The van der Waals surface area contributed by atoms with Crippen LogP contribution in [0.2, 0.25) is 0 Å². The smallest absolute Gasteiger partial charge is 0.130 e. The van der Waals surface area contributed by atoms with Gasteiger partial charge in [0.2, 0.25) is 0 Å². The third-order valence-electron chi connectivity index (χ3n) is 3.54. The molecule has 0 spiro atoms. The van der Waals surface area contributed by atoms with Crippen molar-refractivity contribution in [2.24, 2.45) is 7.05 Å². The van der Waals surface area contributed by atoms with E-state index in [-0.39, 0.29) is 6.04 Å². The summed E-state index contributed by atoms with van der Waals surface area (Å²) in [7, 11) is 2.02. The first-order chi connectivity index (χ1) is 10.3. The standard InChI is InChI=1S/C16H19N5/c1-3-6-19-15(16-20-9-10-21(16)2)12-4-5-13-14(11-12)18-8-7-17-13/h4-5,7-11,15,19H,3,6H2,1-2H3. The lowest BCUT2D eigenvalue weighted by molar-refractivity contribution is 0.556. The van der Waals surface area contributed by atoms with Gasteiger partial charge in [-0.15, -0.1) is 0 Å². The average Bonchev–Trinajstić information content (AvgIpc) is 2.94. The van der Waals surface area contributed by atoms with E-state index in [1.807, 2.05) is 30.1 Å². The normalized spacial score (nSPS) is 12.7. The molecule has 0 aliphatic heterocycles. The van der Waals surface area contributed by atoms with Gasteiger partial charge in [0, 0.05) is 31.8 Å². The number of fused-ring (bicyclic) bond motifs is 1. The van der Waals surface area contributed by atoms with Gasteiger partial charge in [-0.2, -0.15) is 0 Å². The second kappa shape index (κ2) is 6.01. The van der Waals surface area contributed by atoms with E-state index in [1.54, 1.807) is 12.4 Å². The molecular formula is C16H19N5. The number of nitrogens with one attached hydrogen (secondary N) is 1. The summed E-state index contributed by atoms with van der Waals surface area (Å²) in [6.45, 7) is 3.10. The highest BCUT2D eigenvalue weighted by Gasteiger charge is 2.18. The van der Waals surface area contributed by atoms with Crippen molar-refractivity contribution in [2.45, 2.75) is 19.4 Å². The van der Waals surface area contributed by atoms with Crippen LogP contribution in [0.1, 0.15) is 30.8 Å². The van der Waals surface area contributed by atoms with Gasteiger partial charge in [-0.1, -0.05) is 13.0 Å². The molecule has 0 amide bonds. The molecule has 0 fully saturated rings. The van der Waals surface area contributed by atoms with Gasteiger partial charge < -0.3 is 9.88 Å². The molecule has 5 nitrogen and oxygen atoms in total. The van der Waals surface area contributed by atoms with Crippen molar-refractivity contribution in [1.29, 1.82) is 0 Å². The number of hydrogen-bond acceptors (Lipinski definition) is 4. The Labute approximate surface area is 124 Å². The zero-order valence-corrected chi connectivity index (χ0v) is 12.3. The Morgan fingerprint density at radius 1 is 1.10 bits per heavy atom. The van der Waals surface area contributed by atoms with E-state index < -0.39 is 0 Å². The molecule has 1 aromatic carbocycles. The van der Waals surface area contributed by atoms with E-state index >= 15 is 0 Å². The van der Waals surface area contributed by atoms with Crippen LogP contribution in [0.5, 0.6) is 0 Å². The summed E-state index contributed by atoms with van der Waals surface area (Å²) in [6, 6.07) is 6.27. The van der Waals surface area contributed by atoms with Crippen molar-refractivity contribution >= 4 is 11.0 Å². The fourth-order valence-electron chi connectivity index (χ4n) is 2.46. The predicted octanol–water partition coefficient (Wildman–Crippen LogP) is 2.45. The molecular weight excluding hydrogens is 262 g/mol. The van der Waals surface area contributed by atoms with Crippen LogP contribution >= 0.6 is 0 Å². The number of benzene rings is 1. The number of aryl methyl sites for hydroxylation is 1. The van der Waals surface area contributed by atoms with Crippen LogP contribution in [0.25, 0.3) is 11.0 Å². The number of nitrogens with zero attached hydrogens (tertiary/aromatic N) is 4. The van der Waals surface area contributed by atoms with Gasteiger partial charge in [-0.05, 0) is 30.7 Å². The van der Waals surface area contributed by atoms with Gasteiger partial charge in [-0.25, -0.2) is 4.98 Å². The van der Waals surface area contributed by atoms with Gasteiger partial charge in [0.1, 0.15) is 5.82 Å². The van der Waals surface area contributed by atoms with Crippen molar-refractivity contribution in [3.05, 3.63) is 54.4 Å². The topological polar surface area (TPSA) is 55.6 Å². The fourth-order valence-corrected chi connectivity index (χ4v) is 2.46. The van der Waals surface area contributed by atoms with Crippen LogP contribution in [0.4, 0.5) is 0 Å². The molecule has 0 saturated heterocycles.